The minimum absolute atomic E-state index is 0.173. The van der Waals surface area contributed by atoms with Gasteiger partial charge in [0, 0.05) is 9.91 Å². The van der Waals surface area contributed by atoms with Crippen LogP contribution >= 0.6 is 22.9 Å². The van der Waals surface area contributed by atoms with E-state index in [0.29, 0.717) is 34.4 Å². The van der Waals surface area contributed by atoms with E-state index in [-0.39, 0.29) is 23.7 Å². The third-order valence-electron chi connectivity index (χ3n) is 5.37. The molecule has 2 amide bonds. The number of nitriles is 1. The number of hydrogen-bond acceptors (Lipinski definition) is 4. The second-order valence-corrected chi connectivity index (χ2v) is 8.53. The van der Waals surface area contributed by atoms with Gasteiger partial charge in [0.2, 0.25) is 11.8 Å². The summed E-state index contributed by atoms with van der Waals surface area (Å²) in [5.74, 6) is -0.542. The molecule has 4 rings (SSSR count). The monoisotopic (exact) mass is 360 g/mol. The van der Waals surface area contributed by atoms with E-state index in [2.05, 4.69) is 13.0 Å². The lowest BCUT2D eigenvalue weighted by molar-refractivity contribution is -0.122. The van der Waals surface area contributed by atoms with Gasteiger partial charge in [-0.2, -0.15) is 5.26 Å². The van der Waals surface area contributed by atoms with Crippen LogP contribution in [-0.2, 0) is 22.4 Å². The molecule has 0 aromatic carbocycles. The van der Waals surface area contributed by atoms with Crippen LogP contribution in [0.3, 0.4) is 0 Å². The molecule has 1 aromatic rings. The summed E-state index contributed by atoms with van der Waals surface area (Å²) in [6.45, 7) is 2.18. The average molecular weight is 361 g/mol. The molecule has 6 heteroatoms. The fraction of sp³-hybridized carbons (Fsp3) is 0.500. The van der Waals surface area contributed by atoms with Gasteiger partial charge < -0.3 is 0 Å². The first-order valence-electron chi connectivity index (χ1n) is 8.28. The highest BCUT2D eigenvalue weighted by Gasteiger charge is 2.50. The van der Waals surface area contributed by atoms with Crippen molar-refractivity contribution < 1.29 is 9.59 Å². The normalized spacial score (nSPS) is 29.1. The minimum atomic E-state index is -0.375. The molecule has 3 aliphatic rings. The molecule has 0 spiro atoms. The molecular weight excluding hydrogens is 344 g/mol. The summed E-state index contributed by atoms with van der Waals surface area (Å²) in [6.07, 6.45) is 5.64. The van der Waals surface area contributed by atoms with Crippen molar-refractivity contribution in [3.63, 3.8) is 0 Å². The minimum Gasteiger partial charge on any atom is -0.274 e. The van der Waals surface area contributed by atoms with Crippen molar-refractivity contribution >= 4 is 39.8 Å². The van der Waals surface area contributed by atoms with Gasteiger partial charge in [0.1, 0.15) is 11.1 Å². The lowest BCUT2D eigenvalue weighted by Crippen LogP contribution is -2.30. The van der Waals surface area contributed by atoms with Crippen LogP contribution in [-0.4, -0.2) is 11.8 Å². The SMILES string of the molecule is C[C@H]1CCc2sc(N3C(=O)[C@H]4CC=C(Cl)C[C@@H]4C3=O)c(C#N)c2C1. The van der Waals surface area contributed by atoms with Gasteiger partial charge >= 0.3 is 0 Å². The van der Waals surface area contributed by atoms with Gasteiger partial charge in [0.05, 0.1) is 17.4 Å². The first kappa shape index (κ1) is 15.9. The second kappa shape index (κ2) is 5.72. The molecule has 1 fully saturated rings. The molecule has 2 heterocycles. The number of carbonyl (C=O) groups excluding carboxylic acids is 2. The van der Waals surface area contributed by atoms with Gasteiger partial charge in [-0.25, -0.2) is 4.90 Å². The third-order valence-corrected chi connectivity index (χ3v) is 6.96. The Morgan fingerprint density at radius 1 is 1.29 bits per heavy atom. The Morgan fingerprint density at radius 3 is 2.79 bits per heavy atom. The standard InChI is InChI=1S/C18H17ClN2O2S/c1-9-2-5-15-12(6-9)14(8-20)18(24-15)21-16(22)11-4-3-10(19)7-13(11)17(21)23/h3,9,11,13H,2,4-7H2,1H3/t9-,11-,13-/m0/s1. The molecule has 3 atom stereocenters. The Labute approximate surface area is 149 Å². The molecule has 0 unspecified atom stereocenters. The maximum atomic E-state index is 12.9. The molecule has 0 bridgehead atoms. The number of hydrogen-bond donors (Lipinski definition) is 0. The quantitative estimate of drug-likeness (QED) is 0.716. The smallest absolute Gasteiger partial charge is 0.238 e. The Kier molecular flexibility index (Phi) is 3.78. The van der Waals surface area contributed by atoms with Crippen molar-refractivity contribution in [2.24, 2.45) is 17.8 Å². The lowest BCUT2D eigenvalue weighted by Gasteiger charge is -2.17. The highest BCUT2D eigenvalue weighted by atomic mass is 35.5. The summed E-state index contributed by atoms with van der Waals surface area (Å²) in [5, 5.41) is 10.8. The van der Waals surface area contributed by atoms with E-state index in [1.165, 1.54) is 16.2 Å². The van der Waals surface area contributed by atoms with Gasteiger partial charge in [-0.15, -0.1) is 11.3 Å². The Bertz CT molecular complexity index is 820. The molecule has 124 valence electrons. The van der Waals surface area contributed by atoms with Crippen LogP contribution in [0.5, 0.6) is 0 Å². The van der Waals surface area contributed by atoms with Crippen LogP contribution in [0.15, 0.2) is 11.1 Å². The molecule has 0 radical (unpaired) electrons. The Morgan fingerprint density at radius 2 is 2.04 bits per heavy atom. The fourth-order valence-corrected chi connectivity index (χ4v) is 5.60. The molecule has 1 aromatic heterocycles. The van der Waals surface area contributed by atoms with E-state index in [1.807, 2.05) is 6.08 Å². The fourth-order valence-electron chi connectivity index (χ4n) is 4.04. The topological polar surface area (TPSA) is 61.2 Å². The lowest BCUT2D eigenvalue weighted by atomic mass is 9.85. The highest BCUT2D eigenvalue weighted by Crippen LogP contribution is 2.46. The summed E-state index contributed by atoms with van der Waals surface area (Å²) in [7, 11) is 0. The van der Waals surface area contributed by atoms with E-state index >= 15 is 0 Å². The predicted molar refractivity (Wildman–Crippen MR) is 92.9 cm³/mol. The largest absolute Gasteiger partial charge is 0.274 e. The van der Waals surface area contributed by atoms with E-state index in [0.717, 1.165) is 29.7 Å². The highest BCUT2D eigenvalue weighted by molar-refractivity contribution is 7.17. The van der Waals surface area contributed by atoms with Gasteiger partial charge in [0.15, 0.2) is 0 Å². The summed E-state index contributed by atoms with van der Waals surface area (Å²) in [4.78, 5) is 28.1. The molecule has 2 aliphatic carbocycles. The maximum absolute atomic E-state index is 12.9. The Balaban J connectivity index is 1.77. The third kappa shape index (κ3) is 2.24. The van der Waals surface area contributed by atoms with Crippen molar-refractivity contribution in [3.8, 4) is 6.07 Å². The molecule has 0 saturated carbocycles. The molecular formula is C18H17ClN2O2S. The molecule has 4 nitrogen and oxygen atoms in total. The van der Waals surface area contributed by atoms with Crippen molar-refractivity contribution in [2.45, 2.75) is 39.0 Å². The second-order valence-electron chi connectivity index (χ2n) is 6.96. The molecule has 1 saturated heterocycles. The van der Waals surface area contributed by atoms with Crippen LogP contribution in [0.1, 0.15) is 42.2 Å². The zero-order valence-corrected chi connectivity index (χ0v) is 14.9. The number of fused-ring (bicyclic) bond motifs is 2. The van der Waals surface area contributed by atoms with Crippen LogP contribution in [0.25, 0.3) is 0 Å². The number of rotatable bonds is 1. The van der Waals surface area contributed by atoms with Gasteiger partial charge in [0.25, 0.3) is 0 Å². The van der Waals surface area contributed by atoms with Crippen LogP contribution < -0.4 is 4.90 Å². The number of carbonyl (C=O) groups is 2. The van der Waals surface area contributed by atoms with Crippen molar-refractivity contribution in [1.29, 1.82) is 5.26 Å². The Hall–Kier alpha value is -1.64. The number of allylic oxidation sites excluding steroid dienone is 2. The number of halogens is 1. The van der Waals surface area contributed by atoms with Crippen LogP contribution in [0.2, 0.25) is 0 Å². The number of anilines is 1. The van der Waals surface area contributed by atoms with Crippen molar-refractivity contribution in [2.75, 3.05) is 4.90 Å². The van der Waals surface area contributed by atoms with Gasteiger partial charge in [-0.05, 0) is 43.6 Å². The first-order chi connectivity index (χ1) is 11.5. The summed E-state index contributed by atoms with van der Waals surface area (Å²) >= 11 is 7.53. The van der Waals surface area contributed by atoms with E-state index in [9.17, 15) is 14.9 Å². The number of thiophene rings is 1. The number of nitrogens with zero attached hydrogens (tertiary/aromatic N) is 2. The van der Waals surface area contributed by atoms with E-state index in [4.69, 9.17) is 11.6 Å². The summed E-state index contributed by atoms with van der Waals surface area (Å²) < 4.78 is 0. The summed E-state index contributed by atoms with van der Waals surface area (Å²) in [6, 6.07) is 2.26. The maximum Gasteiger partial charge on any atom is 0.238 e. The van der Waals surface area contributed by atoms with Crippen molar-refractivity contribution in [3.05, 3.63) is 27.1 Å². The molecule has 24 heavy (non-hydrogen) atoms. The zero-order chi connectivity index (χ0) is 17.0. The summed E-state index contributed by atoms with van der Waals surface area (Å²) in [5.41, 5.74) is 1.57. The zero-order valence-electron chi connectivity index (χ0n) is 13.3. The number of aryl methyl sites for hydroxylation is 1. The van der Waals surface area contributed by atoms with Crippen molar-refractivity contribution in [1.82, 2.24) is 0 Å². The van der Waals surface area contributed by atoms with Crippen LogP contribution in [0, 0.1) is 29.1 Å². The first-order valence-corrected chi connectivity index (χ1v) is 9.47. The number of amides is 2. The predicted octanol–water partition coefficient (Wildman–Crippen LogP) is 3.77. The van der Waals surface area contributed by atoms with Gasteiger partial charge in [-0.1, -0.05) is 24.6 Å². The van der Waals surface area contributed by atoms with E-state index in [1.54, 1.807) is 0 Å². The van der Waals surface area contributed by atoms with Gasteiger partial charge in [-0.3, -0.25) is 9.59 Å². The molecule has 0 N–H and O–H groups in total. The number of imide groups is 1. The average Bonchev–Trinajstić information content (AvgIpc) is 3.02. The van der Waals surface area contributed by atoms with Crippen LogP contribution in [0.4, 0.5) is 5.00 Å². The van der Waals surface area contributed by atoms with E-state index < -0.39 is 0 Å². The molecule has 1 aliphatic heterocycles.